The van der Waals surface area contributed by atoms with Crippen LogP contribution in [-0.2, 0) is 0 Å². The highest BCUT2D eigenvalue weighted by molar-refractivity contribution is 7.98. The summed E-state index contributed by atoms with van der Waals surface area (Å²) in [7, 11) is 0. The number of rotatable bonds is 5. The fraction of sp³-hybridized carbons (Fsp3) is 0.625. The quantitative estimate of drug-likeness (QED) is 0.832. The Balaban J connectivity index is 1.75. The molecule has 1 N–H and O–H groups in total. The first-order chi connectivity index (χ1) is 9.36. The van der Waals surface area contributed by atoms with E-state index in [0.717, 1.165) is 19.0 Å². The Kier molecular flexibility index (Phi) is 4.46. The van der Waals surface area contributed by atoms with Crippen LogP contribution in [0.25, 0.3) is 0 Å². The van der Waals surface area contributed by atoms with Gasteiger partial charge in [0.2, 0.25) is 0 Å². The Morgan fingerprint density at radius 2 is 1.89 bits per heavy atom. The summed E-state index contributed by atoms with van der Waals surface area (Å²) < 4.78 is 0. The van der Waals surface area contributed by atoms with Crippen molar-refractivity contribution in [3.05, 3.63) is 29.8 Å². The van der Waals surface area contributed by atoms with Crippen molar-refractivity contribution in [3.8, 4) is 0 Å². The van der Waals surface area contributed by atoms with Crippen LogP contribution >= 0.6 is 11.8 Å². The van der Waals surface area contributed by atoms with Crippen LogP contribution < -0.4 is 5.32 Å². The summed E-state index contributed by atoms with van der Waals surface area (Å²) in [4.78, 5) is 4.05. The molecule has 0 radical (unpaired) electrons. The topological polar surface area (TPSA) is 15.3 Å². The molecule has 1 heterocycles. The minimum absolute atomic E-state index is 0.644. The van der Waals surface area contributed by atoms with Crippen LogP contribution in [0.15, 0.2) is 29.2 Å². The first-order valence-electron chi connectivity index (χ1n) is 7.45. The van der Waals surface area contributed by atoms with Gasteiger partial charge in [0, 0.05) is 37.1 Å². The predicted octanol–water partition coefficient (Wildman–Crippen LogP) is 3.15. The van der Waals surface area contributed by atoms with Crippen molar-refractivity contribution in [1.29, 1.82) is 0 Å². The summed E-state index contributed by atoms with van der Waals surface area (Å²) in [6, 6.07) is 9.90. The molecule has 1 aliphatic heterocycles. The highest BCUT2D eigenvalue weighted by atomic mass is 32.2. The molecular weight excluding hydrogens is 252 g/mol. The van der Waals surface area contributed by atoms with Gasteiger partial charge in [0.1, 0.15) is 0 Å². The van der Waals surface area contributed by atoms with Crippen LogP contribution in [0.3, 0.4) is 0 Å². The molecule has 2 fully saturated rings. The van der Waals surface area contributed by atoms with E-state index in [1.54, 1.807) is 0 Å². The Hall–Kier alpha value is -0.510. The number of piperazine rings is 1. The van der Waals surface area contributed by atoms with Gasteiger partial charge in [-0.3, -0.25) is 4.90 Å². The summed E-state index contributed by atoms with van der Waals surface area (Å²) in [6.07, 6.45) is 6.41. The molecule has 2 aliphatic rings. The molecule has 1 aromatic carbocycles. The summed E-state index contributed by atoms with van der Waals surface area (Å²) >= 11 is 1.83. The molecule has 0 bridgehead atoms. The fourth-order valence-corrected chi connectivity index (χ4v) is 3.39. The lowest BCUT2D eigenvalue weighted by Crippen LogP contribution is -2.45. The molecule has 104 valence electrons. The molecule has 0 amide bonds. The standard InChI is InChI=1S/C16H24N2S/c1-19-15-6-4-14(5-7-15)16(12-13-2-3-13)18-10-8-17-9-11-18/h4-7,13,16-17H,2-3,8-12H2,1H3/t16-/m1/s1. The van der Waals surface area contributed by atoms with E-state index in [-0.39, 0.29) is 0 Å². The molecule has 19 heavy (non-hydrogen) atoms. The molecule has 1 aliphatic carbocycles. The number of hydrogen-bond acceptors (Lipinski definition) is 3. The van der Waals surface area contributed by atoms with E-state index in [2.05, 4.69) is 40.7 Å². The van der Waals surface area contributed by atoms with Gasteiger partial charge in [-0.15, -0.1) is 11.8 Å². The second-order valence-electron chi connectivity index (χ2n) is 5.75. The molecule has 3 rings (SSSR count). The summed E-state index contributed by atoms with van der Waals surface area (Å²) in [5.41, 5.74) is 1.52. The van der Waals surface area contributed by atoms with Crippen molar-refractivity contribution in [3.63, 3.8) is 0 Å². The molecule has 3 heteroatoms. The predicted molar refractivity (Wildman–Crippen MR) is 82.7 cm³/mol. The van der Waals surface area contributed by atoms with E-state index in [1.807, 2.05) is 11.8 Å². The van der Waals surface area contributed by atoms with Gasteiger partial charge in [0.15, 0.2) is 0 Å². The van der Waals surface area contributed by atoms with Gasteiger partial charge in [0.25, 0.3) is 0 Å². The highest BCUT2D eigenvalue weighted by Crippen LogP contribution is 2.40. The lowest BCUT2D eigenvalue weighted by molar-refractivity contribution is 0.160. The Morgan fingerprint density at radius 3 is 2.47 bits per heavy atom. The molecule has 1 aromatic rings. The van der Waals surface area contributed by atoms with Crippen LogP contribution in [0.1, 0.15) is 30.9 Å². The number of nitrogens with zero attached hydrogens (tertiary/aromatic N) is 1. The van der Waals surface area contributed by atoms with E-state index in [1.165, 1.54) is 42.8 Å². The van der Waals surface area contributed by atoms with Crippen molar-refractivity contribution >= 4 is 11.8 Å². The SMILES string of the molecule is CSc1ccc([C@@H](CC2CC2)N2CCNCC2)cc1. The number of hydrogen-bond donors (Lipinski definition) is 1. The minimum Gasteiger partial charge on any atom is -0.314 e. The average Bonchev–Trinajstić information content (AvgIpc) is 3.30. The van der Waals surface area contributed by atoms with E-state index in [9.17, 15) is 0 Å². The maximum absolute atomic E-state index is 3.46. The van der Waals surface area contributed by atoms with E-state index >= 15 is 0 Å². The normalized spacial score (nSPS) is 22.4. The van der Waals surface area contributed by atoms with Crippen molar-refractivity contribution in [2.45, 2.75) is 30.2 Å². The molecule has 1 saturated heterocycles. The smallest absolute Gasteiger partial charge is 0.0351 e. The van der Waals surface area contributed by atoms with Crippen molar-refractivity contribution in [2.24, 2.45) is 5.92 Å². The van der Waals surface area contributed by atoms with E-state index in [0.29, 0.717) is 6.04 Å². The number of nitrogens with one attached hydrogen (secondary N) is 1. The lowest BCUT2D eigenvalue weighted by atomic mass is 9.99. The van der Waals surface area contributed by atoms with Crippen molar-refractivity contribution < 1.29 is 0 Å². The van der Waals surface area contributed by atoms with Crippen LogP contribution in [0.2, 0.25) is 0 Å². The second-order valence-corrected chi connectivity index (χ2v) is 6.63. The Morgan fingerprint density at radius 1 is 1.21 bits per heavy atom. The zero-order valence-electron chi connectivity index (χ0n) is 11.8. The highest BCUT2D eigenvalue weighted by Gasteiger charge is 2.30. The maximum Gasteiger partial charge on any atom is 0.0351 e. The number of benzene rings is 1. The lowest BCUT2D eigenvalue weighted by Gasteiger charge is -2.35. The van der Waals surface area contributed by atoms with Crippen LogP contribution in [0.5, 0.6) is 0 Å². The largest absolute Gasteiger partial charge is 0.314 e. The molecular formula is C16H24N2S. The van der Waals surface area contributed by atoms with Gasteiger partial charge in [-0.2, -0.15) is 0 Å². The van der Waals surface area contributed by atoms with Gasteiger partial charge < -0.3 is 5.32 Å². The van der Waals surface area contributed by atoms with Crippen LogP contribution in [0.4, 0.5) is 0 Å². The number of thioether (sulfide) groups is 1. The van der Waals surface area contributed by atoms with Crippen molar-refractivity contribution in [1.82, 2.24) is 10.2 Å². The zero-order chi connectivity index (χ0) is 13.1. The third-order valence-corrected chi connectivity index (χ3v) is 5.09. The summed E-state index contributed by atoms with van der Waals surface area (Å²) in [6.45, 7) is 4.68. The molecule has 0 spiro atoms. The summed E-state index contributed by atoms with van der Waals surface area (Å²) in [5.74, 6) is 0.986. The first kappa shape index (κ1) is 13.5. The zero-order valence-corrected chi connectivity index (χ0v) is 12.6. The average molecular weight is 276 g/mol. The third-order valence-electron chi connectivity index (χ3n) is 4.35. The van der Waals surface area contributed by atoms with E-state index in [4.69, 9.17) is 0 Å². The van der Waals surface area contributed by atoms with E-state index < -0.39 is 0 Å². The molecule has 1 atom stereocenters. The van der Waals surface area contributed by atoms with Crippen LogP contribution in [-0.4, -0.2) is 37.3 Å². The second kappa shape index (κ2) is 6.29. The maximum atomic E-state index is 3.46. The molecule has 0 aromatic heterocycles. The van der Waals surface area contributed by atoms with Gasteiger partial charge in [-0.05, 0) is 36.3 Å². The molecule has 1 saturated carbocycles. The Bertz CT molecular complexity index is 394. The molecule has 2 nitrogen and oxygen atoms in total. The van der Waals surface area contributed by atoms with Crippen molar-refractivity contribution in [2.75, 3.05) is 32.4 Å². The minimum atomic E-state index is 0.644. The third kappa shape index (κ3) is 3.53. The van der Waals surface area contributed by atoms with Gasteiger partial charge >= 0.3 is 0 Å². The van der Waals surface area contributed by atoms with Crippen LogP contribution in [0, 0.1) is 5.92 Å². The van der Waals surface area contributed by atoms with Gasteiger partial charge in [0.05, 0.1) is 0 Å². The van der Waals surface area contributed by atoms with Gasteiger partial charge in [-0.1, -0.05) is 25.0 Å². The van der Waals surface area contributed by atoms with Gasteiger partial charge in [-0.25, -0.2) is 0 Å². The molecule has 0 unspecified atom stereocenters. The monoisotopic (exact) mass is 276 g/mol. The Labute approximate surface area is 121 Å². The summed E-state index contributed by atoms with van der Waals surface area (Å²) in [5, 5.41) is 3.46. The fourth-order valence-electron chi connectivity index (χ4n) is 2.99. The first-order valence-corrected chi connectivity index (χ1v) is 8.68.